The van der Waals surface area contributed by atoms with E-state index in [0.29, 0.717) is 28.7 Å². The molecule has 0 saturated heterocycles. The second-order valence-electron chi connectivity index (χ2n) is 9.87. The summed E-state index contributed by atoms with van der Waals surface area (Å²) in [6.45, 7) is 3.83. The van der Waals surface area contributed by atoms with Crippen LogP contribution in [0.4, 0.5) is 0 Å². The number of nitrogens with zero attached hydrogens (tertiary/aromatic N) is 1. The van der Waals surface area contributed by atoms with Crippen molar-refractivity contribution in [2.45, 2.75) is 37.3 Å². The number of ether oxygens (including phenoxy) is 1. The van der Waals surface area contributed by atoms with Crippen molar-refractivity contribution < 1.29 is 27.5 Å². The Hall–Kier alpha value is -3.66. The predicted molar refractivity (Wildman–Crippen MR) is 150 cm³/mol. The second kappa shape index (κ2) is 12.5. The van der Waals surface area contributed by atoms with Gasteiger partial charge in [0.25, 0.3) is 5.91 Å². The summed E-state index contributed by atoms with van der Waals surface area (Å²) in [5.74, 6) is 0.139. The first-order valence-electron chi connectivity index (χ1n) is 12.8. The molecule has 0 aliphatic heterocycles. The van der Waals surface area contributed by atoms with Gasteiger partial charge in [-0.15, -0.1) is 0 Å². The average Bonchev–Trinajstić information content (AvgIpc) is 3.37. The lowest BCUT2D eigenvalue weighted by Crippen LogP contribution is -2.51. The molecular formula is C30H34N2O6S. The van der Waals surface area contributed by atoms with Gasteiger partial charge in [-0.1, -0.05) is 62.4 Å². The maximum Gasteiger partial charge on any atom is 0.255 e. The number of carbonyl (C=O) groups excluding carboxylic acids is 1. The molecule has 2 N–H and O–H groups in total. The van der Waals surface area contributed by atoms with E-state index in [0.717, 1.165) is 5.56 Å². The topological polar surface area (TPSA) is 109 Å². The van der Waals surface area contributed by atoms with E-state index >= 15 is 0 Å². The molecule has 1 aromatic heterocycles. The summed E-state index contributed by atoms with van der Waals surface area (Å²) in [6, 6.07) is 22.0. The number of methoxy groups -OCH3 is 1. The quantitative estimate of drug-likeness (QED) is 0.269. The highest BCUT2D eigenvalue weighted by Crippen LogP contribution is 2.23. The largest absolute Gasteiger partial charge is 0.497 e. The van der Waals surface area contributed by atoms with Crippen molar-refractivity contribution in [2.75, 3.05) is 20.2 Å². The fraction of sp³-hybridized carbons (Fsp3) is 0.300. The number of carbonyl (C=O) groups is 1. The Morgan fingerprint density at radius 1 is 0.974 bits per heavy atom. The van der Waals surface area contributed by atoms with E-state index < -0.39 is 28.1 Å². The summed E-state index contributed by atoms with van der Waals surface area (Å²) < 4.78 is 39.2. The first kappa shape index (κ1) is 28.4. The summed E-state index contributed by atoms with van der Waals surface area (Å²) in [5, 5.41) is 15.0. The third-order valence-electron chi connectivity index (χ3n) is 6.46. The van der Waals surface area contributed by atoms with Crippen molar-refractivity contribution in [2.24, 2.45) is 5.92 Å². The fourth-order valence-electron chi connectivity index (χ4n) is 4.46. The van der Waals surface area contributed by atoms with Crippen LogP contribution in [0.25, 0.3) is 11.0 Å². The van der Waals surface area contributed by atoms with Gasteiger partial charge in [-0.3, -0.25) is 4.79 Å². The minimum atomic E-state index is -3.93. The van der Waals surface area contributed by atoms with Crippen LogP contribution in [-0.2, 0) is 16.4 Å². The molecule has 2 atom stereocenters. The molecule has 4 aromatic rings. The van der Waals surface area contributed by atoms with Crippen LogP contribution in [0, 0.1) is 5.92 Å². The predicted octanol–water partition coefficient (Wildman–Crippen LogP) is 4.49. The highest BCUT2D eigenvalue weighted by atomic mass is 32.2. The molecular weight excluding hydrogens is 516 g/mol. The standard InChI is InChI=1S/C30H34N2O6S/c1-21(2)18-32(39(35,36)24-15-13-23(37-3)14-16-24)19-28(33)27(17-22-9-5-4-6-10-22)31-30(34)26-20-38-29-12-8-7-11-25(26)29/h4-16,20-21,27-28,33H,17-19H2,1-3H3,(H,31,34)/t27-,28+/m0/s1. The molecule has 0 aliphatic carbocycles. The zero-order valence-electron chi connectivity index (χ0n) is 22.3. The van der Waals surface area contributed by atoms with Crippen LogP contribution >= 0.6 is 0 Å². The molecule has 0 saturated carbocycles. The minimum Gasteiger partial charge on any atom is -0.497 e. The average molecular weight is 551 g/mol. The molecule has 0 fully saturated rings. The van der Waals surface area contributed by atoms with E-state index in [1.165, 1.54) is 29.8 Å². The van der Waals surface area contributed by atoms with Crippen molar-refractivity contribution in [3.05, 3.63) is 96.3 Å². The number of sulfonamides is 1. The molecule has 0 bridgehead atoms. The van der Waals surface area contributed by atoms with Gasteiger partial charge in [-0.25, -0.2) is 8.42 Å². The second-order valence-corrected chi connectivity index (χ2v) is 11.8. The van der Waals surface area contributed by atoms with Crippen LogP contribution in [0.2, 0.25) is 0 Å². The number of benzene rings is 3. The highest BCUT2D eigenvalue weighted by Gasteiger charge is 2.32. The van der Waals surface area contributed by atoms with Crippen LogP contribution in [0.5, 0.6) is 5.75 Å². The molecule has 1 heterocycles. The van der Waals surface area contributed by atoms with Gasteiger partial charge in [-0.05, 0) is 48.2 Å². The van der Waals surface area contributed by atoms with Crippen LogP contribution in [0.3, 0.4) is 0 Å². The number of aliphatic hydroxyl groups is 1. The molecule has 3 aromatic carbocycles. The zero-order chi connectivity index (χ0) is 28.0. The van der Waals surface area contributed by atoms with E-state index in [1.807, 2.05) is 56.3 Å². The normalized spacial score (nSPS) is 13.5. The van der Waals surface area contributed by atoms with Gasteiger partial charge in [0.15, 0.2) is 0 Å². The molecule has 0 unspecified atom stereocenters. The Balaban J connectivity index is 1.61. The number of hydrogen-bond acceptors (Lipinski definition) is 6. The molecule has 0 radical (unpaired) electrons. The maximum absolute atomic E-state index is 13.6. The Morgan fingerprint density at radius 3 is 2.31 bits per heavy atom. The van der Waals surface area contributed by atoms with E-state index in [9.17, 15) is 18.3 Å². The van der Waals surface area contributed by atoms with E-state index in [-0.39, 0.29) is 23.9 Å². The first-order chi connectivity index (χ1) is 18.7. The summed E-state index contributed by atoms with van der Waals surface area (Å²) in [7, 11) is -2.42. The van der Waals surface area contributed by atoms with Gasteiger partial charge < -0.3 is 19.6 Å². The van der Waals surface area contributed by atoms with Crippen molar-refractivity contribution in [1.82, 2.24) is 9.62 Å². The number of hydrogen-bond donors (Lipinski definition) is 2. The number of aliphatic hydroxyl groups excluding tert-OH is 1. The molecule has 9 heteroatoms. The Morgan fingerprint density at radius 2 is 1.64 bits per heavy atom. The lowest BCUT2D eigenvalue weighted by atomic mass is 10.00. The van der Waals surface area contributed by atoms with Gasteiger partial charge in [0.1, 0.15) is 17.6 Å². The Labute approximate surface area is 229 Å². The third kappa shape index (κ3) is 6.86. The van der Waals surface area contributed by atoms with Crippen molar-refractivity contribution in [3.8, 4) is 5.75 Å². The summed E-state index contributed by atoms with van der Waals surface area (Å²) in [5.41, 5.74) is 1.82. The van der Waals surface area contributed by atoms with Gasteiger partial charge in [-0.2, -0.15) is 4.31 Å². The molecule has 206 valence electrons. The molecule has 8 nitrogen and oxygen atoms in total. The van der Waals surface area contributed by atoms with Gasteiger partial charge in [0, 0.05) is 18.5 Å². The Bertz CT molecular complexity index is 1480. The fourth-order valence-corrected chi connectivity index (χ4v) is 6.08. The number of rotatable bonds is 12. The lowest BCUT2D eigenvalue weighted by molar-refractivity contribution is 0.0776. The summed E-state index contributed by atoms with van der Waals surface area (Å²) in [4.78, 5) is 13.4. The van der Waals surface area contributed by atoms with Crippen molar-refractivity contribution in [3.63, 3.8) is 0 Å². The number of amides is 1. The molecule has 0 spiro atoms. The zero-order valence-corrected chi connectivity index (χ0v) is 23.1. The van der Waals surface area contributed by atoms with Crippen molar-refractivity contribution >= 4 is 26.9 Å². The van der Waals surface area contributed by atoms with Crippen LogP contribution < -0.4 is 10.1 Å². The first-order valence-corrected chi connectivity index (χ1v) is 14.3. The van der Waals surface area contributed by atoms with E-state index in [4.69, 9.17) is 9.15 Å². The number of nitrogens with one attached hydrogen (secondary N) is 1. The monoisotopic (exact) mass is 550 g/mol. The molecule has 4 rings (SSSR count). The van der Waals surface area contributed by atoms with E-state index in [1.54, 1.807) is 24.3 Å². The van der Waals surface area contributed by atoms with Crippen LogP contribution in [0.1, 0.15) is 29.8 Å². The number of fused-ring (bicyclic) bond motifs is 1. The number of furan rings is 1. The minimum absolute atomic E-state index is 0.00434. The summed E-state index contributed by atoms with van der Waals surface area (Å²) >= 11 is 0. The Kier molecular flexibility index (Phi) is 9.06. The maximum atomic E-state index is 13.6. The van der Waals surface area contributed by atoms with Gasteiger partial charge >= 0.3 is 0 Å². The lowest BCUT2D eigenvalue weighted by Gasteiger charge is -2.30. The SMILES string of the molecule is COc1ccc(S(=O)(=O)N(CC(C)C)C[C@@H](O)[C@H](Cc2ccccc2)NC(=O)c2coc3ccccc23)cc1. The van der Waals surface area contributed by atoms with Gasteiger partial charge in [0.2, 0.25) is 10.0 Å². The molecule has 0 aliphatic rings. The summed E-state index contributed by atoms with van der Waals surface area (Å²) in [6.07, 6.45) is 0.506. The molecule has 1 amide bonds. The molecule has 39 heavy (non-hydrogen) atoms. The highest BCUT2D eigenvalue weighted by molar-refractivity contribution is 7.89. The van der Waals surface area contributed by atoms with Crippen molar-refractivity contribution in [1.29, 1.82) is 0 Å². The van der Waals surface area contributed by atoms with Crippen LogP contribution in [-0.4, -0.2) is 56.1 Å². The van der Waals surface area contributed by atoms with E-state index in [2.05, 4.69) is 5.32 Å². The smallest absolute Gasteiger partial charge is 0.255 e. The number of para-hydroxylation sites is 1. The van der Waals surface area contributed by atoms with Crippen LogP contribution in [0.15, 0.2) is 94.4 Å². The third-order valence-corrected chi connectivity index (χ3v) is 8.31. The van der Waals surface area contributed by atoms with Gasteiger partial charge in [0.05, 0.1) is 29.7 Å².